The van der Waals surface area contributed by atoms with Crippen molar-refractivity contribution in [1.82, 2.24) is 5.32 Å². The number of hydrogen-bond acceptors (Lipinski definition) is 4. The third kappa shape index (κ3) is 4.62. The number of anilines is 1. The van der Waals surface area contributed by atoms with Gasteiger partial charge in [0.15, 0.2) is 0 Å². The summed E-state index contributed by atoms with van der Waals surface area (Å²) in [7, 11) is 0. The van der Waals surface area contributed by atoms with E-state index >= 15 is 0 Å². The summed E-state index contributed by atoms with van der Waals surface area (Å²) in [6, 6.07) is 21.2. The Morgan fingerprint density at radius 3 is 2.17 bits per heavy atom. The number of carboxylic acid groups (broad SMARTS) is 1. The normalized spacial score (nSPS) is 15.0. The summed E-state index contributed by atoms with van der Waals surface area (Å²) < 4.78 is 5.60. The number of amides is 2. The number of carbonyl (C=O) groups is 3. The number of benzene rings is 3. The lowest BCUT2D eigenvalue weighted by atomic mass is 9.98. The van der Waals surface area contributed by atoms with E-state index in [1.54, 1.807) is 25.1 Å². The summed E-state index contributed by atoms with van der Waals surface area (Å²) in [5.74, 6) is -1.28. The highest BCUT2D eigenvalue weighted by atomic mass is 16.5. The molecular weight excluding hydrogens is 444 g/mol. The average molecular weight is 471 g/mol. The monoisotopic (exact) mass is 470 g/mol. The van der Waals surface area contributed by atoms with Crippen molar-refractivity contribution in [2.45, 2.75) is 37.6 Å². The molecule has 0 heterocycles. The molecule has 3 aromatic rings. The molecule has 3 N–H and O–H groups in total. The van der Waals surface area contributed by atoms with E-state index in [4.69, 9.17) is 9.84 Å². The number of aryl methyl sites for hydroxylation is 1. The fourth-order valence-electron chi connectivity index (χ4n) is 4.79. The van der Waals surface area contributed by atoms with Gasteiger partial charge in [0, 0.05) is 17.2 Å². The lowest BCUT2D eigenvalue weighted by Gasteiger charge is -2.17. The molecule has 178 valence electrons. The van der Waals surface area contributed by atoms with Gasteiger partial charge in [0.1, 0.15) is 6.61 Å². The van der Waals surface area contributed by atoms with Crippen LogP contribution in [0.5, 0.6) is 0 Å². The number of rotatable bonds is 7. The lowest BCUT2D eigenvalue weighted by Crippen LogP contribution is -2.38. The molecule has 35 heavy (non-hydrogen) atoms. The number of hydrogen-bond donors (Lipinski definition) is 3. The molecule has 2 amide bonds. The van der Waals surface area contributed by atoms with Gasteiger partial charge in [-0.1, -0.05) is 48.5 Å². The van der Waals surface area contributed by atoms with Crippen LogP contribution < -0.4 is 10.6 Å². The van der Waals surface area contributed by atoms with Gasteiger partial charge < -0.3 is 15.2 Å². The summed E-state index contributed by atoms with van der Waals surface area (Å²) in [5, 5.41) is 14.6. The van der Waals surface area contributed by atoms with Crippen molar-refractivity contribution in [1.29, 1.82) is 0 Å². The van der Waals surface area contributed by atoms with E-state index in [2.05, 4.69) is 34.9 Å². The molecule has 5 rings (SSSR count). The van der Waals surface area contributed by atoms with Gasteiger partial charge >= 0.3 is 12.1 Å². The highest BCUT2D eigenvalue weighted by Crippen LogP contribution is 2.44. The second-order valence-corrected chi connectivity index (χ2v) is 9.29. The zero-order chi connectivity index (χ0) is 24.6. The van der Waals surface area contributed by atoms with Gasteiger partial charge in [-0.15, -0.1) is 0 Å². The van der Waals surface area contributed by atoms with Gasteiger partial charge in [-0.2, -0.15) is 0 Å². The van der Waals surface area contributed by atoms with Crippen LogP contribution in [0.15, 0.2) is 66.7 Å². The standard InChI is InChI=1S/C28H26N2O5/c1-17-14-18(26(33)30-28(12-13-28)15-25(31)32)10-11-24(17)29-27(34)35-16-23-21-8-4-2-6-19(21)20-7-3-5-9-22(20)23/h2-11,14,23H,12-13,15-16H2,1H3,(H,29,34)(H,30,33)(H,31,32). The van der Waals surface area contributed by atoms with Gasteiger partial charge in [0.05, 0.1) is 12.0 Å². The Bertz CT molecular complexity index is 1280. The van der Waals surface area contributed by atoms with Crippen molar-refractivity contribution in [3.05, 3.63) is 89.0 Å². The lowest BCUT2D eigenvalue weighted by molar-refractivity contribution is -0.137. The van der Waals surface area contributed by atoms with Crippen molar-refractivity contribution < 1.29 is 24.2 Å². The Morgan fingerprint density at radius 1 is 0.971 bits per heavy atom. The molecule has 2 aliphatic rings. The zero-order valence-corrected chi connectivity index (χ0v) is 19.3. The van der Waals surface area contributed by atoms with Crippen LogP contribution in [0.1, 0.15) is 52.2 Å². The van der Waals surface area contributed by atoms with Gasteiger partial charge in [-0.25, -0.2) is 4.79 Å². The number of aliphatic carboxylic acids is 1. The minimum Gasteiger partial charge on any atom is -0.481 e. The fourth-order valence-corrected chi connectivity index (χ4v) is 4.79. The quantitative estimate of drug-likeness (QED) is 0.446. The maximum Gasteiger partial charge on any atom is 0.411 e. The first-order chi connectivity index (χ1) is 16.8. The summed E-state index contributed by atoms with van der Waals surface area (Å²) in [5.41, 5.74) is 5.64. The molecule has 0 aromatic heterocycles. The maximum absolute atomic E-state index is 12.6. The Balaban J connectivity index is 1.22. The van der Waals surface area contributed by atoms with Crippen LogP contribution >= 0.6 is 0 Å². The van der Waals surface area contributed by atoms with Crippen LogP contribution in [0.3, 0.4) is 0 Å². The molecule has 0 spiro atoms. The Hall–Kier alpha value is -4.13. The largest absolute Gasteiger partial charge is 0.481 e. The Kier molecular flexibility index (Phi) is 5.76. The predicted molar refractivity (Wildman–Crippen MR) is 132 cm³/mol. The second-order valence-electron chi connectivity index (χ2n) is 9.29. The van der Waals surface area contributed by atoms with E-state index < -0.39 is 17.6 Å². The number of carbonyl (C=O) groups excluding carboxylic acids is 2. The third-order valence-electron chi connectivity index (χ3n) is 6.79. The minimum atomic E-state index is -0.929. The molecule has 0 aliphatic heterocycles. The molecule has 0 unspecified atom stereocenters. The molecule has 0 saturated heterocycles. The first-order valence-corrected chi connectivity index (χ1v) is 11.6. The molecule has 2 aliphatic carbocycles. The van der Waals surface area contributed by atoms with Crippen molar-refractivity contribution in [3.8, 4) is 11.1 Å². The van der Waals surface area contributed by atoms with Gasteiger partial charge in [-0.05, 0) is 65.8 Å². The number of nitrogens with one attached hydrogen (secondary N) is 2. The summed E-state index contributed by atoms with van der Waals surface area (Å²) >= 11 is 0. The zero-order valence-electron chi connectivity index (χ0n) is 19.3. The van der Waals surface area contributed by atoms with Gasteiger partial charge in [-0.3, -0.25) is 14.9 Å². The van der Waals surface area contributed by atoms with Crippen LogP contribution in [-0.2, 0) is 9.53 Å². The van der Waals surface area contributed by atoms with E-state index in [0.29, 0.717) is 29.7 Å². The van der Waals surface area contributed by atoms with Crippen molar-refractivity contribution >= 4 is 23.7 Å². The summed E-state index contributed by atoms with van der Waals surface area (Å²) in [6.07, 6.45) is 0.668. The number of carboxylic acids is 1. The second kappa shape index (κ2) is 8.91. The third-order valence-corrected chi connectivity index (χ3v) is 6.79. The predicted octanol–water partition coefficient (Wildman–Crippen LogP) is 5.09. The summed E-state index contributed by atoms with van der Waals surface area (Å²) in [6.45, 7) is 2.01. The minimum absolute atomic E-state index is 0.0270. The Morgan fingerprint density at radius 2 is 1.60 bits per heavy atom. The van der Waals surface area contributed by atoms with Crippen molar-refractivity contribution in [2.24, 2.45) is 0 Å². The molecule has 7 heteroatoms. The van der Waals surface area contributed by atoms with E-state index in [1.165, 1.54) is 0 Å². The van der Waals surface area contributed by atoms with E-state index in [0.717, 1.165) is 22.3 Å². The first-order valence-electron chi connectivity index (χ1n) is 11.6. The first kappa shape index (κ1) is 22.7. The van der Waals surface area contributed by atoms with Crippen LogP contribution in [0.25, 0.3) is 11.1 Å². The van der Waals surface area contributed by atoms with Crippen molar-refractivity contribution in [2.75, 3.05) is 11.9 Å². The van der Waals surface area contributed by atoms with E-state index in [1.807, 2.05) is 24.3 Å². The van der Waals surface area contributed by atoms with Crippen LogP contribution in [-0.4, -0.2) is 35.2 Å². The molecule has 0 radical (unpaired) electrons. The molecule has 0 bridgehead atoms. The highest BCUT2D eigenvalue weighted by molar-refractivity contribution is 5.96. The number of fused-ring (bicyclic) bond motifs is 3. The van der Waals surface area contributed by atoms with Gasteiger partial charge in [0.25, 0.3) is 5.91 Å². The smallest absolute Gasteiger partial charge is 0.411 e. The topological polar surface area (TPSA) is 105 Å². The molecule has 0 atom stereocenters. The van der Waals surface area contributed by atoms with Crippen LogP contribution in [0.2, 0.25) is 0 Å². The molecule has 1 fully saturated rings. The molecule has 3 aromatic carbocycles. The SMILES string of the molecule is Cc1cc(C(=O)NC2(CC(=O)O)CC2)ccc1NC(=O)OCC1c2ccccc2-c2ccccc21. The molecular formula is C28H26N2O5. The average Bonchev–Trinajstić information content (AvgIpc) is 3.50. The summed E-state index contributed by atoms with van der Waals surface area (Å²) in [4.78, 5) is 36.2. The van der Waals surface area contributed by atoms with Crippen molar-refractivity contribution in [3.63, 3.8) is 0 Å². The van der Waals surface area contributed by atoms with E-state index in [9.17, 15) is 14.4 Å². The van der Waals surface area contributed by atoms with E-state index in [-0.39, 0.29) is 24.9 Å². The fraction of sp³-hybridized carbons (Fsp3) is 0.250. The van der Waals surface area contributed by atoms with Crippen LogP contribution in [0.4, 0.5) is 10.5 Å². The highest BCUT2D eigenvalue weighted by Gasteiger charge is 2.45. The molecule has 7 nitrogen and oxygen atoms in total. The Labute approximate surface area is 203 Å². The van der Waals surface area contributed by atoms with Gasteiger partial charge in [0.2, 0.25) is 0 Å². The van der Waals surface area contributed by atoms with Crippen LogP contribution in [0, 0.1) is 6.92 Å². The number of ether oxygens (including phenoxy) is 1. The maximum atomic E-state index is 12.6. The molecule has 1 saturated carbocycles.